The van der Waals surface area contributed by atoms with Gasteiger partial charge in [0.15, 0.2) is 5.13 Å². The fraction of sp³-hybridized carbons (Fsp3) is 0.368. The third-order valence-electron chi connectivity index (χ3n) is 4.94. The number of thiophene rings is 1. The van der Waals surface area contributed by atoms with Crippen LogP contribution in [0.15, 0.2) is 11.4 Å². The number of hydrogen-bond donors (Lipinski definition) is 2. The van der Waals surface area contributed by atoms with Crippen molar-refractivity contribution in [1.82, 2.24) is 19.9 Å². The molecule has 3 aromatic rings. The van der Waals surface area contributed by atoms with Crippen LogP contribution in [0, 0.1) is 6.92 Å². The molecule has 1 saturated heterocycles. The van der Waals surface area contributed by atoms with E-state index in [2.05, 4.69) is 37.1 Å². The highest BCUT2D eigenvalue weighted by molar-refractivity contribution is 7.18. The maximum atomic E-state index is 13.4. The number of aromatic nitrogens is 3. The van der Waals surface area contributed by atoms with Crippen molar-refractivity contribution < 1.29 is 9.18 Å². The zero-order valence-electron chi connectivity index (χ0n) is 17.0. The van der Waals surface area contributed by atoms with E-state index in [-0.39, 0.29) is 10.6 Å². The predicted molar refractivity (Wildman–Crippen MR) is 124 cm³/mol. The molecule has 4 rings (SSSR count). The number of piperazine rings is 1. The zero-order valence-corrected chi connectivity index (χ0v) is 19.4. The van der Waals surface area contributed by atoms with E-state index in [1.54, 1.807) is 5.38 Å². The van der Waals surface area contributed by atoms with Gasteiger partial charge in [-0.15, -0.1) is 11.3 Å². The summed E-state index contributed by atoms with van der Waals surface area (Å²) in [7, 11) is 2.10. The average molecular weight is 482 g/mol. The Morgan fingerprint density at radius 2 is 2.03 bits per heavy atom. The first-order valence-corrected chi connectivity index (χ1v) is 11.6. The third kappa shape index (κ3) is 4.64. The second-order valence-electron chi connectivity index (χ2n) is 7.18. The second-order valence-corrected chi connectivity index (χ2v) is 9.66. The molecule has 1 fully saturated rings. The van der Waals surface area contributed by atoms with E-state index in [9.17, 15) is 9.18 Å². The number of aryl methyl sites for hydroxylation is 1. The summed E-state index contributed by atoms with van der Waals surface area (Å²) in [5, 5.41) is 5.18. The van der Waals surface area contributed by atoms with E-state index in [1.807, 2.05) is 13.0 Å². The van der Waals surface area contributed by atoms with E-state index in [1.165, 1.54) is 11.3 Å². The Hall–Kier alpha value is -2.34. The quantitative estimate of drug-likeness (QED) is 0.553. The molecule has 1 amide bonds. The normalized spacial score (nSPS) is 14.8. The molecule has 0 spiro atoms. The number of likely N-dealkylation sites (N-methyl/N-ethyl adjacent to an activating group) is 1. The number of halogens is 2. The summed E-state index contributed by atoms with van der Waals surface area (Å²) in [4.78, 5) is 30.2. The number of amides is 1. The lowest BCUT2D eigenvalue weighted by Gasteiger charge is -2.33. The fourth-order valence-corrected chi connectivity index (χ4v) is 5.29. The molecule has 8 nitrogen and oxygen atoms in total. The third-order valence-corrected chi connectivity index (χ3v) is 7.20. The Bertz CT molecular complexity index is 1110. The molecular weight excluding hydrogens is 461 g/mol. The van der Waals surface area contributed by atoms with Gasteiger partial charge in [-0.05, 0) is 19.4 Å². The maximum absolute atomic E-state index is 13.4. The largest absolute Gasteiger partial charge is 0.365 e. The Kier molecular flexibility index (Phi) is 6.37. The molecule has 0 atom stereocenters. The van der Waals surface area contributed by atoms with Crippen LogP contribution in [0.3, 0.4) is 0 Å². The van der Waals surface area contributed by atoms with Gasteiger partial charge in [0.1, 0.15) is 33.3 Å². The fourth-order valence-electron chi connectivity index (χ4n) is 3.34. The summed E-state index contributed by atoms with van der Waals surface area (Å²) < 4.78 is 13.8. The molecule has 0 aliphatic carbocycles. The van der Waals surface area contributed by atoms with Crippen LogP contribution >= 0.6 is 34.3 Å². The molecule has 3 aromatic heterocycles. The molecule has 0 radical (unpaired) electrons. The SMILES string of the molecule is Cc1nc(Nc2nc(-c3c(CF)csc3Cl)c(C(N)=O)s2)cc(N2CCN(C)CC2)n1. The van der Waals surface area contributed by atoms with Crippen molar-refractivity contribution in [3.8, 4) is 11.3 Å². The van der Waals surface area contributed by atoms with Crippen LogP contribution in [0.5, 0.6) is 0 Å². The molecule has 1 aliphatic rings. The number of anilines is 3. The summed E-state index contributed by atoms with van der Waals surface area (Å²) in [6.07, 6.45) is 0. The molecular formula is C19H21ClFN7OS2. The molecule has 31 heavy (non-hydrogen) atoms. The van der Waals surface area contributed by atoms with Gasteiger partial charge in [-0.2, -0.15) is 0 Å². The smallest absolute Gasteiger partial charge is 0.261 e. The second kappa shape index (κ2) is 9.03. The van der Waals surface area contributed by atoms with Crippen LogP contribution in [-0.2, 0) is 6.67 Å². The topological polar surface area (TPSA) is 100 Å². The number of nitrogens with two attached hydrogens (primary N) is 1. The first-order chi connectivity index (χ1) is 14.9. The average Bonchev–Trinajstić information content (AvgIpc) is 3.30. The number of hydrogen-bond acceptors (Lipinski definition) is 9. The first-order valence-electron chi connectivity index (χ1n) is 9.54. The lowest BCUT2D eigenvalue weighted by atomic mass is 10.1. The highest BCUT2D eigenvalue weighted by atomic mass is 35.5. The van der Waals surface area contributed by atoms with E-state index in [0.29, 0.717) is 32.2 Å². The van der Waals surface area contributed by atoms with Gasteiger partial charge in [0.25, 0.3) is 5.91 Å². The Morgan fingerprint density at radius 3 is 2.71 bits per heavy atom. The number of primary amides is 1. The van der Waals surface area contributed by atoms with Gasteiger partial charge in [0.05, 0.1) is 5.69 Å². The summed E-state index contributed by atoms with van der Waals surface area (Å²) in [6.45, 7) is 4.79. The minimum absolute atomic E-state index is 0.211. The van der Waals surface area contributed by atoms with Gasteiger partial charge < -0.3 is 20.9 Å². The molecule has 3 N–H and O–H groups in total. The first kappa shape index (κ1) is 21.9. The number of alkyl halides is 1. The molecule has 0 unspecified atom stereocenters. The van der Waals surface area contributed by atoms with Gasteiger partial charge >= 0.3 is 0 Å². The zero-order chi connectivity index (χ0) is 22.1. The molecule has 164 valence electrons. The van der Waals surface area contributed by atoms with Crippen LogP contribution in [0.1, 0.15) is 21.1 Å². The number of nitrogens with zero attached hydrogens (tertiary/aromatic N) is 5. The van der Waals surface area contributed by atoms with E-state index in [4.69, 9.17) is 17.3 Å². The van der Waals surface area contributed by atoms with E-state index in [0.717, 1.165) is 43.3 Å². The van der Waals surface area contributed by atoms with Crippen molar-refractivity contribution in [2.75, 3.05) is 43.4 Å². The number of rotatable bonds is 6. The maximum Gasteiger partial charge on any atom is 0.261 e. The summed E-state index contributed by atoms with van der Waals surface area (Å²) in [5.41, 5.74) is 6.63. The van der Waals surface area contributed by atoms with Gasteiger partial charge in [0.2, 0.25) is 0 Å². The standard InChI is InChI=1S/C19H21ClFN7OS2/c1-10-23-12(7-13(24-10)28-5-3-27(2)4-6-28)25-19-26-15(16(31-19)18(22)29)14-11(8-21)9-30-17(14)20/h7,9H,3-6,8H2,1-2H3,(H2,22,29)(H,23,24,25,26). The minimum atomic E-state index is -0.712. The lowest BCUT2D eigenvalue weighted by Crippen LogP contribution is -2.44. The highest BCUT2D eigenvalue weighted by Crippen LogP contribution is 2.41. The minimum Gasteiger partial charge on any atom is -0.365 e. The Labute approximate surface area is 191 Å². The molecule has 0 aromatic carbocycles. The van der Waals surface area contributed by atoms with Crippen molar-refractivity contribution in [3.05, 3.63) is 32.0 Å². The Morgan fingerprint density at radius 1 is 1.29 bits per heavy atom. The van der Waals surface area contributed by atoms with Crippen LogP contribution in [0.25, 0.3) is 11.3 Å². The van der Waals surface area contributed by atoms with Crippen LogP contribution in [-0.4, -0.2) is 59.0 Å². The van der Waals surface area contributed by atoms with Gasteiger partial charge in [-0.3, -0.25) is 4.79 Å². The predicted octanol–water partition coefficient (Wildman–Crippen LogP) is 3.69. The monoisotopic (exact) mass is 481 g/mol. The Balaban J connectivity index is 1.66. The van der Waals surface area contributed by atoms with E-state index >= 15 is 0 Å². The molecule has 12 heteroatoms. The van der Waals surface area contributed by atoms with Crippen molar-refractivity contribution in [2.45, 2.75) is 13.6 Å². The van der Waals surface area contributed by atoms with Crippen molar-refractivity contribution in [3.63, 3.8) is 0 Å². The van der Waals surface area contributed by atoms with Crippen molar-refractivity contribution >= 4 is 56.9 Å². The molecule has 0 bridgehead atoms. The molecule has 4 heterocycles. The highest BCUT2D eigenvalue weighted by Gasteiger charge is 2.24. The summed E-state index contributed by atoms with van der Waals surface area (Å²) in [6, 6.07) is 1.86. The molecule has 1 aliphatic heterocycles. The van der Waals surface area contributed by atoms with Crippen LogP contribution in [0.2, 0.25) is 4.34 Å². The summed E-state index contributed by atoms with van der Waals surface area (Å²) >= 11 is 8.53. The lowest BCUT2D eigenvalue weighted by molar-refractivity contribution is 0.100. The van der Waals surface area contributed by atoms with Crippen molar-refractivity contribution in [1.29, 1.82) is 0 Å². The summed E-state index contributed by atoms with van der Waals surface area (Å²) in [5.74, 6) is 1.35. The van der Waals surface area contributed by atoms with Gasteiger partial charge in [-0.25, -0.2) is 19.3 Å². The van der Waals surface area contributed by atoms with Gasteiger partial charge in [0, 0.05) is 43.4 Å². The molecule has 0 saturated carbocycles. The van der Waals surface area contributed by atoms with Crippen molar-refractivity contribution in [2.24, 2.45) is 5.73 Å². The van der Waals surface area contributed by atoms with E-state index < -0.39 is 12.6 Å². The number of thiazole rings is 1. The number of nitrogens with one attached hydrogen (secondary N) is 1. The number of carbonyl (C=O) groups is 1. The van der Waals surface area contributed by atoms with Gasteiger partial charge in [-0.1, -0.05) is 22.9 Å². The van der Waals surface area contributed by atoms with Crippen LogP contribution in [0.4, 0.5) is 21.2 Å². The van der Waals surface area contributed by atoms with Crippen LogP contribution < -0.4 is 16.0 Å². The number of carbonyl (C=O) groups excluding carboxylic acids is 1.